The molecule has 5 rings (SSSR count). The molecule has 3 atom stereocenters. The third-order valence-electron chi connectivity index (χ3n) is 10.0. The minimum absolute atomic E-state index is 0.0767. The van der Waals surface area contributed by atoms with Gasteiger partial charge in [0, 0.05) is 44.6 Å². The van der Waals surface area contributed by atoms with Crippen LogP contribution in [0.2, 0.25) is 0 Å². The first-order chi connectivity index (χ1) is 20.0. The van der Waals surface area contributed by atoms with E-state index >= 15 is 0 Å². The number of sulfonamides is 1. The van der Waals surface area contributed by atoms with Crippen molar-refractivity contribution in [1.29, 1.82) is 0 Å². The molecule has 2 aliphatic carbocycles. The molecule has 1 unspecified atom stereocenters. The zero-order valence-corrected chi connectivity index (χ0v) is 25.8. The van der Waals surface area contributed by atoms with Crippen molar-refractivity contribution in [3.05, 3.63) is 65.2 Å². The van der Waals surface area contributed by atoms with Crippen LogP contribution in [0, 0.1) is 16.7 Å². The summed E-state index contributed by atoms with van der Waals surface area (Å²) < 4.78 is 45.4. The van der Waals surface area contributed by atoms with E-state index in [1.165, 1.54) is 7.11 Å². The summed E-state index contributed by atoms with van der Waals surface area (Å²) in [6, 6.07) is 14.9. The molecule has 3 aliphatic rings. The second kappa shape index (κ2) is 12.1. The highest BCUT2D eigenvalue weighted by Crippen LogP contribution is 2.64. The Bertz CT molecular complexity index is 1400. The second-order valence-electron chi connectivity index (χ2n) is 12.4. The fourth-order valence-corrected chi connectivity index (χ4v) is 9.29. The van der Waals surface area contributed by atoms with Gasteiger partial charge in [0.25, 0.3) is 0 Å². The summed E-state index contributed by atoms with van der Waals surface area (Å²) in [6.07, 6.45) is 1.84. The fourth-order valence-electron chi connectivity index (χ4n) is 7.08. The molecule has 2 aromatic rings. The maximum Gasteiger partial charge on any atom is 0.337 e. The molecule has 0 amide bonds. The second-order valence-corrected chi connectivity index (χ2v) is 14.4. The van der Waals surface area contributed by atoms with Crippen LogP contribution in [0.5, 0.6) is 5.75 Å². The zero-order valence-electron chi connectivity index (χ0n) is 25.0. The largest absolute Gasteiger partial charge is 0.497 e. The number of hydrogen-bond acceptors (Lipinski definition) is 8. The Hall–Kier alpha value is -2.79. The van der Waals surface area contributed by atoms with E-state index in [0.717, 1.165) is 23.3 Å². The normalized spacial score (nSPS) is 25.0. The molecule has 2 aromatic carbocycles. The number of ketones is 1. The summed E-state index contributed by atoms with van der Waals surface area (Å²) in [4.78, 5) is 27.0. The number of hydrogen-bond donors (Lipinski definition) is 0. The van der Waals surface area contributed by atoms with Crippen LogP contribution in [0.1, 0.15) is 60.7 Å². The van der Waals surface area contributed by atoms with Gasteiger partial charge in [-0.05, 0) is 59.6 Å². The van der Waals surface area contributed by atoms with Gasteiger partial charge in [-0.3, -0.25) is 9.69 Å². The number of Topliss-reactive ketones (excluding diaryl/α,β-unsaturated/α-hetero) is 1. The predicted molar refractivity (Wildman–Crippen MR) is 159 cm³/mol. The third-order valence-corrected chi connectivity index (χ3v) is 12.0. The molecular weight excluding hydrogens is 556 g/mol. The Balaban J connectivity index is 1.24. The van der Waals surface area contributed by atoms with E-state index < -0.39 is 15.4 Å². The maximum atomic E-state index is 13.6. The van der Waals surface area contributed by atoms with Gasteiger partial charge in [-0.25, -0.2) is 13.2 Å². The summed E-state index contributed by atoms with van der Waals surface area (Å²) >= 11 is 0. The molecule has 0 spiro atoms. The number of ether oxygens (including phenoxy) is 3. The highest BCUT2D eigenvalue weighted by Gasteiger charge is 2.65. The van der Waals surface area contributed by atoms with Gasteiger partial charge >= 0.3 is 5.97 Å². The van der Waals surface area contributed by atoms with E-state index in [1.807, 2.05) is 36.4 Å². The average Bonchev–Trinajstić information content (AvgIpc) is 3.33. The molecule has 0 radical (unpaired) electrons. The van der Waals surface area contributed by atoms with E-state index in [-0.39, 0.29) is 34.9 Å². The monoisotopic (exact) mass is 598 g/mol. The Kier molecular flexibility index (Phi) is 8.81. The van der Waals surface area contributed by atoms with Gasteiger partial charge in [-0.1, -0.05) is 38.1 Å². The Morgan fingerprint density at radius 2 is 1.76 bits per heavy atom. The molecule has 10 heteroatoms. The first kappa shape index (κ1) is 30.7. The fraction of sp³-hybridized carbons (Fsp3) is 0.562. The summed E-state index contributed by atoms with van der Waals surface area (Å²) in [5.41, 5.74) is 1.33. The van der Waals surface area contributed by atoms with Crippen LogP contribution in [0.3, 0.4) is 0 Å². The number of benzene rings is 2. The van der Waals surface area contributed by atoms with E-state index in [0.29, 0.717) is 57.7 Å². The zero-order chi connectivity index (χ0) is 30.1. The lowest BCUT2D eigenvalue weighted by Gasteiger charge is -2.40. The standard InChI is InChI=1S/C32H42N2O7S/c1-31(2)26-12-13-32(31,29(35)19-26)22-42(37,38)34-16-14-33(15-17-34)20-28(25-6-5-7-27(18-25)39-3)41-21-23-8-10-24(11-9-23)30(36)40-4/h5-11,18,26,28H,12-17,19-22H2,1-4H3/t26-,28?,32-/m0/s1. The molecule has 3 fully saturated rings. The van der Waals surface area contributed by atoms with E-state index in [1.54, 1.807) is 23.5 Å². The highest BCUT2D eigenvalue weighted by atomic mass is 32.2. The van der Waals surface area contributed by atoms with Crippen molar-refractivity contribution >= 4 is 21.8 Å². The number of nitrogens with zero attached hydrogens (tertiary/aromatic N) is 2. The lowest BCUT2D eigenvalue weighted by atomic mass is 9.70. The van der Waals surface area contributed by atoms with E-state index in [2.05, 4.69) is 18.7 Å². The molecule has 0 aromatic heterocycles. The molecule has 9 nitrogen and oxygen atoms in total. The van der Waals surface area contributed by atoms with Gasteiger partial charge in [0.1, 0.15) is 11.5 Å². The van der Waals surface area contributed by atoms with Crippen LogP contribution in [-0.2, 0) is 30.9 Å². The van der Waals surface area contributed by atoms with Gasteiger partial charge in [-0.15, -0.1) is 0 Å². The summed E-state index contributed by atoms with van der Waals surface area (Å²) in [5, 5.41) is 0. The Morgan fingerprint density at radius 3 is 2.36 bits per heavy atom. The molecule has 1 aliphatic heterocycles. The number of rotatable bonds is 11. The lowest BCUT2D eigenvalue weighted by molar-refractivity contribution is -0.128. The van der Waals surface area contributed by atoms with Gasteiger partial charge < -0.3 is 14.2 Å². The maximum absolute atomic E-state index is 13.6. The van der Waals surface area contributed by atoms with Gasteiger partial charge in [-0.2, -0.15) is 4.31 Å². The number of fused-ring (bicyclic) bond motifs is 2. The molecule has 1 saturated heterocycles. The SMILES string of the molecule is COC(=O)c1ccc(COC(CN2CCN(S(=O)(=O)C[C@@]34CC[C@@H](CC3=O)C4(C)C)CC2)c2cccc(OC)c2)cc1. The van der Waals surface area contributed by atoms with Crippen molar-refractivity contribution in [2.45, 2.75) is 45.8 Å². The predicted octanol–water partition coefficient (Wildman–Crippen LogP) is 4.08. The average molecular weight is 599 g/mol. The van der Waals surface area contributed by atoms with Crippen molar-refractivity contribution in [2.75, 3.05) is 52.7 Å². The third kappa shape index (κ3) is 5.86. The van der Waals surface area contributed by atoms with E-state index in [4.69, 9.17) is 14.2 Å². The molecular formula is C32H42N2O7S. The van der Waals surface area contributed by atoms with Crippen molar-refractivity contribution in [3.63, 3.8) is 0 Å². The van der Waals surface area contributed by atoms with Crippen molar-refractivity contribution in [1.82, 2.24) is 9.21 Å². The number of piperazine rings is 1. The molecule has 0 N–H and O–H groups in total. The summed E-state index contributed by atoms with van der Waals surface area (Å²) in [5.74, 6) is 0.688. The van der Waals surface area contributed by atoms with Crippen LogP contribution >= 0.6 is 0 Å². The van der Waals surface area contributed by atoms with Crippen LogP contribution in [-0.4, -0.2) is 82.1 Å². The van der Waals surface area contributed by atoms with Crippen LogP contribution < -0.4 is 4.74 Å². The Labute approximate surface area is 249 Å². The van der Waals surface area contributed by atoms with Gasteiger partial charge in [0.15, 0.2) is 0 Å². The lowest BCUT2D eigenvalue weighted by Crippen LogP contribution is -2.53. The quantitative estimate of drug-likeness (QED) is 0.357. The highest BCUT2D eigenvalue weighted by molar-refractivity contribution is 7.89. The minimum Gasteiger partial charge on any atom is -0.497 e. The van der Waals surface area contributed by atoms with Crippen molar-refractivity contribution < 1.29 is 32.2 Å². The molecule has 2 saturated carbocycles. The van der Waals surface area contributed by atoms with Gasteiger partial charge in [0.2, 0.25) is 10.0 Å². The smallest absolute Gasteiger partial charge is 0.337 e. The van der Waals surface area contributed by atoms with E-state index in [9.17, 15) is 18.0 Å². The van der Waals surface area contributed by atoms with Crippen LogP contribution in [0.15, 0.2) is 48.5 Å². The number of esters is 1. The molecule has 1 heterocycles. The number of carbonyl (C=O) groups excluding carboxylic acids is 2. The molecule has 2 bridgehead atoms. The topological polar surface area (TPSA) is 102 Å². The minimum atomic E-state index is -3.58. The summed E-state index contributed by atoms with van der Waals surface area (Å²) in [6.45, 7) is 6.99. The molecule has 42 heavy (non-hydrogen) atoms. The first-order valence-corrected chi connectivity index (χ1v) is 16.3. The number of carbonyl (C=O) groups is 2. The summed E-state index contributed by atoms with van der Waals surface area (Å²) in [7, 11) is -0.597. The number of methoxy groups -OCH3 is 2. The van der Waals surface area contributed by atoms with Gasteiger partial charge in [0.05, 0.1) is 38.2 Å². The van der Waals surface area contributed by atoms with Crippen LogP contribution in [0.4, 0.5) is 0 Å². The van der Waals surface area contributed by atoms with Crippen molar-refractivity contribution in [2.24, 2.45) is 16.7 Å². The van der Waals surface area contributed by atoms with Crippen LogP contribution in [0.25, 0.3) is 0 Å². The first-order valence-electron chi connectivity index (χ1n) is 14.7. The molecule has 228 valence electrons. The Morgan fingerprint density at radius 1 is 1.05 bits per heavy atom. The van der Waals surface area contributed by atoms with Crippen molar-refractivity contribution in [3.8, 4) is 5.75 Å².